The number of rotatable bonds is 2. The maximum Gasteiger partial charge on any atom is 0.257 e. The Morgan fingerprint density at radius 2 is 1.25 bits per heavy atom. The molecular formula is C12H19NO3. The molecular weight excluding hydrogens is 206 g/mol. The molecule has 0 saturated carbocycles. The van der Waals surface area contributed by atoms with Gasteiger partial charge in [-0.05, 0) is 41.5 Å². The van der Waals surface area contributed by atoms with Crippen molar-refractivity contribution in [2.45, 2.75) is 52.7 Å². The molecule has 90 valence electrons. The van der Waals surface area contributed by atoms with Crippen LogP contribution in [-0.4, -0.2) is 33.0 Å². The summed E-state index contributed by atoms with van der Waals surface area (Å²) in [6, 6.07) is 0. The molecule has 4 nitrogen and oxygen atoms in total. The van der Waals surface area contributed by atoms with Gasteiger partial charge in [0, 0.05) is 11.1 Å². The Morgan fingerprint density at radius 1 is 0.938 bits per heavy atom. The van der Waals surface area contributed by atoms with Gasteiger partial charge in [-0.1, -0.05) is 0 Å². The molecule has 0 fully saturated rings. The van der Waals surface area contributed by atoms with Crippen LogP contribution in [0, 0.1) is 0 Å². The fourth-order valence-corrected chi connectivity index (χ4v) is 1.53. The van der Waals surface area contributed by atoms with Gasteiger partial charge in [0.15, 0.2) is 0 Å². The molecule has 1 aliphatic rings. The van der Waals surface area contributed by atoms with Gasteiger partial charge in [-0.25, -0.2) is 0 Å². The Labute approximate surface area is 95.9 Å². The van der Waals surface area contributed by atoms with Gasteiger partial charge in [-0.3, -0.25) is 14.5 Å². The van der Waals surface area contributed by atoms with E-state index in [9.17, 15) is 14.7 Å². The van der Waals surface area contributed by atoms with E-state index in [0.29, 0.717) is 11.1 Å². The predicted octanol–water partition coefficient (Wildman–Crippen LogP) is 1.24. The molecule has 0 aromatic carbocycles. The van der Waals surface area contributed by atoms with Gasteiger partial charge in [0.2, 0.25) is 0 Å². The van der Waals surface area contributed by atoms with E-state index in [1.54, 1.807) is 41.5 Å². The Bertz CT molecular complexity index is 362. The fraction of sp³-hybridized carbons (Fsp3) is 0.667. The first-order valence-corrected chi connectivity index (χ1v) is 5.30. The van der Waals surface area contributed by atoms with Crippen LogP contribution in [0.5, 0.6) is 0 Å². The Hall–Kier alpha value is -1.16. The number of imide groups is 1. The van der Waals surface area contributed by atoms with E-state index < -0.39 is 11.1 Å². The number of hydrogen-bond acceptors (Lipinski definition) is 3. The summed E-state index contributed by atoms with van der Waals surface area (Å²) < 4.78 is 0. The lowest BCUT2D eigenvalue weighted by Crippen LogP contribution is -2.60. The van der Waals surface area contributed by atoms with Gasteiger partial charge in [0.05, 0.1) is 11.1 Å². The topological polar surface area (TPSA) is 57.6 Å². The number of nitrogens with zero attached hydrogens (tertiary/aromatic N) is 1. The van der Waals surface area contributed by atoms with Crippen molar-refractivity contribution in [1.82, 2.24) is 4.90 Å². The quantitative estimate of drug-likeness (QED) is 0.719. The van der Waals surface area contributed by atoms with E-state index in [-0.39, 0.29) is 11.8 Å². The van der Waals surface area contributed by atoms with Crippen LogP contribution in [0.25, 0.3) is 0 Å². The molecule has 0 spiro atoms. The van der Waals surface area contributed by atoms with E-state index in [0.717, 1.165) is 4.90 Å². The van der Waals surface area contributed by atoms with Crippen LogP contribution in [0.1, 0.15) is 41.5 Å². The second-order valence-corrected chi connectivity index (χ2v) is 5.31. The second-order valence-electron chi connectivity index (χ2n) is 5.31. The third-order valence-electron chi connectivity index (χ3n) is 3.67. The zero-order chi connectivity index (χ0) is 12.9. The first-order chi connectivity index (χ1) is 7.01. The van der Waals surface area contributed by atoms with Crippen LogP contribution in [-0.2, 0) is 9.59 Å². The minimum absolute atomic E-state index is 0.311. The van der Waals surface area contributed by atoms with Crippen molar-refractivity contribution in [2.24, 2.45) is 0 Å². The van der Waals surface area contributed by atoms with E-state index in [1.165, 1.54) is 0 Å². The highest BCUT2D eigenvalue weighted by molar-refractivity contribution is 6.19. The summed E-state index contributed by atoms with van der Waals surface area (Å²) in [5.74, 6) is -0.621. The third kappa shape index (κ3) is 1.57. The lowest BCUT2D eigenvalue weighted by molar-refractivity contribution is -0.154. The van der Waals surface area contributed by atoms with Gasteiger partial charge < -0.3 is 5.11 Å². The van der Waals surface area contributed by atoms with E-state index in [1.807, 2.05) is 0 Å². The molecule has 0 bridgehead atoms. The van der Waals surface area contributed by atoms with Crippen molar-refractivity contribution in [3.05, 3.63) is 11.1 Å². The number of carbonyl (C=O) groups is 2. The molecule has 1 rings (SSSR count). The Morgan fingerprint density at radius 3 is 1.50 bits per heavy atom. The van der Waals surface area contributed by atoms with Crippen molar-refractivity contribution >= 4 is 11.8 Å². The van der Waals surface area contributed by atoms with E-state index >= 15 is 0 Å². The smallest absolute Gasteiger partial charge is 0.257 e. The zero-order valence-corrected chi connectivity index (χ0v) is 10.7. The summed E-state index contributed by atoms with van der Waals surface area (Å²) in [4.78, 5) is 25.1. The molecule has 4 heteroatoms. The maximum absolute atomic E-state index is 12.0. The maximum atomic E-state index is 12.0. The molecule has 0 radical (unpaired) electrons. The van der Waals surface area contributed by atoms with Crippen LogP contribution < -0.4 is 0 Å². The summed E-state index contributed by atoms with van der Waals surface area (Å²) in [5, 5.41) is 10.0. The molecule has 1 aliphatic heterocycles. The third-order valence-corrected chi connectivity index (χ3v) is 3.67. The molecule has 0 aromatic heterocycles. The van der Waals surface area contributed by atoms with Crippen molar-refractivity contribution in [3.63, 3.8) is 0 Å². The fourth-order valence-electron chi connectivity index (χ4n) is 1.53. The minimum Gasteiger partial charge on any atom is -0.388 e. The molecule has 16 heavy (non-hydrogen) atoms. The Kier molecular flexibility index (Phi) is 2.76. The van der Waals surface area contributed by atoms with Gasteiger partial charge in [0.1, 0.15) is 0 Å². The van der Waals surface area contributed by atoms with Crippen LogP contribution in [0.4, 0.5) is 0 Å². The molecule has 0 aromatic rings. The first kappa shape index (κ1) is 12.9. The molecule has 2 amide bonds. The van der Waals surface area contributed by atoms with Crippen molar-refractivity contribution in [1.29, 1.82) is 0 Å². The highest BCUT2D eigenvalue weighted by Gasteiger charge is 2.49. The molecule has 1 N–H and O–H groups in total. The molecule has 1 heterocycles. The van der Waals surface area contributed by atoms with Crippen LogP contribution in [0.3, 0.4) is 0 Å². The predicted molar refractivity (Wildman–Crippen MR) is 60.6 cm³/mol. The van der Waals surface area contributed by atoms with Crippen LogP contribution >= 0.6 is 0 Å². The zero-order valence-electron chi connectivity index (χ0n) is 10.7. The monoisotopic (exact) mass is 225 g/mol. The number of carbonyl (C=O) groups excluding carboxylic acids is 2. The van der Waals surface area contributed by atoms with E-state index in [4.69, 9.17) is 0 Å². The van der Waals surface area contributed by atoms with Crippen molar-refractivity contribution in [2.75, 3.05) is 0 Å². The minimum atomic E-state index is -1.15. The van der Waals surface area contributed by atoms with Crippen LogP contribution in [0.2, 0.25) is 0 Å². The van der Waals surface area contributed by atoms with Gasteiger partial charge in [0.25, 0.3) is 11.8 Å². The normalized spacial score (nSPS) is 18.8. The number of amides is 2. The summed E-state index contributed by atoms with van der Waals surface area (Å²) in [7, 11) is 0. The summed E-state index contributed by atoms with van der Waals surface area (Å²) >= 11 is 0. The van der Waals surface area contributed by atoms with Crippen LogP contribution in [0.15, 0.2) is 11.1 Å². The molecule has 0 atom stereocenters. The lowest BCUT2D eigenvalue weighted by atomic mass is 9.84. The average molecular weight is 225 g/mol. The summed E-state index contributed by atoms with van der Waals surface area (Å²) in [5.41, 5.74) is -1.16. The summed E-state index contributed by atoms with van der Waals surface area (Å²) in [6.07, 6.45) is 0. The molecule has 0 unspecified atom stereocenters. The Balaban J connectivity index is 3.21. The number of hydrogen-bond donors (Lipinski definition) is 1. The molecule has 0 saturated heterocycles. The average Bonchev–Trinajstić information content (AvgIpc) is 2.29. The first-order valence-electron chi connectivity index (χ1n) is 5.30. The molecule has 0 aliphatic carbocycles. The van der Waals surface area contributed by atoms with Crippen molar-refractivity contribution < 1.29 is 14.7 Å². The standard InChI is InChI=1S/C12H19NO3/c1-7-8(2)10(15)13(9(7)14)11(3,4)12(5,6)16/h16H,1-6H3. The second kappa shape index (κ2) is 3.42. The van der Waals surface area contributed by atoms with Crippen molar-refractivity contribution in [3.8, 4) is 0 Å². The summed E-state index contributed by atoms with van der Waals surface area (Å²) in [6.45, 7) is 9.84. The largest absolute Gasteiger partial charge is 0.388 e. The highest BCUT2D eigenvalue weighted by atomic mass is 16.3. The lowest BCUT2D eigenvalue weighted by Gasteiger charge is -2.43. The number of aliphatic hydroxyl groups is 1. The van der Waals surface area contributed by atoms with Gasteiger partial charge in [-0.2, -0.15) is 0 Å². The van der Waals surface area contributed by atoms with E-state index in [2.05, 4.69) is 0 Å². The SMILES string of the molecule is CC1=C(C)C(=O)N(C(C)(C)C(C)(C)O)C1=O. The highest BCUT2D eigenvalue weighted by Crippen LogP contribution is 2.34. The van der Waals surface area contributed by atoms with Gasteiger partial charge >= 0.3 is 0 Å². The van der Waals surface area contributed by atoms with Gasteiger partial charge in [-0.15, -0.1) is 0 Å².